The maximum absolute atomic E-state index is 13.8. The van der Waals surface area contributed by atoms with Crippen LogP contribution in [0.4, 0.5) is 0 Å². The van der Waals surface area contributed by atoms with Crippen LogP contribution in [0.2, 0.25) is 0 Å². The van der Waals surface area contributed by atoms with Crippen molar-refractivity contribution in [2.45, 2.75) is 83.3 Å². The Hall–Kier alpha value is -3.25. The molecule has 1 aromatic carbocycles. The maximum Gasteiger partial charge on any atom is 0.234 e. The third-order valence-electron chi connectivity index (χ3n) is 9.44. The SMILES string of the molecule is CCCC1=C2[C@@H](CC/C(=C/c3ccc(O)cc3)c3ccccn3)OC[C@@H]2[C@@H]2C(=O)N(C3CCCCC3)C(=O)[C@@H]2C1. The number of benzene rings is 1. The van der Waals surface area contributed by atoms with E-state index >= 15 is 0 Å². The standard InChI is InChI=1S/C34H40N2O4/c1-2-8-24-20-27-32(34(39)36(33(27)38)25-9-4-3-5-10-25)28-21-40-30(31(24)28)17-14-23(29-11-6-7-18-35-29)19-22-12-15-26(37)16-13-22/h6-7,11-13,15-16,18-19,25,27-28,30,32,37H,2-5,8-10,14,17,20-21H2,1H3/b23-19-/t27-,28+,30-,32-/m1/s1. The zero-order valence-electron chi connectivity index (χ0n) is 23.4. The summed E-state index contributed by atoms with van der Waals surface area (Å²) in [4.78, 5) is 33.8. The fourth-order valence-electron chi connectivity index (χ4n) is 7.62. The Labute approximate surface area is 237 Å². The zero-order valence-corrected chi connectivity index (χ0v) is 23.4. The fourth-order valence-corrected chi connectivity index (χ4v) is 7.62. The Kier molecular flexibility index (Phi) is 7.88. The summed E-state index contributed by atoms with van der Waals surface area (Å²) < 4.78 is 6.48. The van der Waals surface area contributed by atoms with E-state index in [9.17, 15) is 14.7 Å². The molecule has 40 heavy (non-hydrogen) atoms. The number of rotatable bonds is 8. The third-order valence-corrected chi connectivity index (χ3v) is 9.44. The Morgan fingerprint density at radius 3 is 2.58 bits per heavy atom. The summed E-state index contributed by atoms with van der Waals surface area (Å²) in [6.45, 7) is 2.71. The molecule has 6 heteroatoms. The van der Waals surface area contributed by atoms with E-state index in [0.717, 1.165) is 68.2 Å². The summed E-state index contributed by atoms with van der Waals surface area (Å²) in [7, 11) is 0. The van der Waals surface area contributed by atoms with Crippen LogP contribution >= 0.6 is 0 Å². The number of carbonyl (C=O) groups is 2. The lowest BCUT2D eigenvalue weighted by Crippen LogP contribution is -2.42. The highest BCUT2D eigenvalue weighted by Gasteiger charge is 2.57. The number of hydrogen-bond acceptors (Lipinski definition) is 5. The van der Waals surface area contributed by atoms with Crippen LogP contribution in [0.25, 0.3) is 11.6 Å². The Balaban J connectivity index is 1.25. The van der Waals surface area contributed by atoms with Crippen molar-refractivity contribution in [3.8, 4) is 5.75 Å². The number of amides is 2. The lowest BCUT2D eigenvalue weighted by molar-refractivity contribution is -0.143. The van der Waals surface area contributed by atoms with Gasteiger partial charge >= 0.3 is 0 Å². The van der Waals surface area contributed by atoms with Crippen LogP contribution in [0.1, 0.15) is 82.4 Å². The molecule has 6 nitrogen and oxygen atoms in total. The molecular weight excluding hydrogens is 500 g/mol. The lowest BCUT2D eigenvalue weighted by atomic mass is 9.68. The van der Waals surface area contributed by atoms with Crippen molar-refractivity contribution in [2.24, 2.45) is 17.8 Å². The molecule has 1 N–H and O–H groups in total. The Bertz CT molecular complexity index is 1290. The molecule has 3 fully saturated rings. The highest BCUT2D eigenvalue weighted by atomic mass is 16.5. The number of phenolic OH excluding ortho intramolecular Hbond substituents is 1. The molecular formula is C34H40N2O4. The van der Waals surface area contributed by atoms with Gasteiger partial charge in [-0.05, 0) is 85.6 Å². The van der Waals surface area contributed by atoms with Gasteiger partial charge in [0.05, 0.1) is 30.2 Å². The molecule has 0 bridgehead atoms. The molecule has 2 aromatic rings. The number of aromatic hydroxyl groups is 1. The quantitative estimate of drug-likeness (QED) is 0.303. The monoisotopic (exact) mass is 540 g/mol. The van der Waals surface area contributed by atoms with E-state index in [1.54, 1.807) is 17.0 Å². The van der Waals surface area contributed by atoms with Crippen LogP contribution in [0.15, 0.2) is 59.8 Å². The van der Waals surface area contributed by atoms with Crippen molar-refractivity contribution in [1.29, 1.82) is 0 Å². The predicted molar refractivity (Wildman–Crippen MR) is 155 cm³/mol. The van der Waals surface area contributed by atoms with Crippen LogP contribution in [0.3, 0.4) is 0 Å². The van der Waals surface area contributed by atoms with E-state index in [0.29, 0.717) is 13.0 Å². The molecule has 0 unspecified atom stereocenters. The molecule has 1 aromatic heterocycles. The number of hydrogen-bond donors (Lipinski definition) is 1. The van der Waals surface area contributed by atoms with Crippen molar-refractivity contribution in [2.75, 3.05) is 6.61 Å². The summed E-state index contributed by atoms with van der Waals surface area (Å²) in [5.74, 6) is -0.0918. The molecule has 0 radical (unpaired) electrons. The van der Waals surface area contributed by atoms with Gasteiger partial charge in [0.1, 0.15) is 5.75 Å². The molecule has 4 aliphatic rings. The zero-order chi connectivity index (χ0) is 27.6. The summed E-state index contributed by atoms with van der Waals surface area (Å²) in [5.41, 5.74) is 5.70. The van der Waals surface area contributed by atoms with E-state index in [1.807, 2.05) is 36.5 Å². The first-order valence-electron chi connectivity index (χ1n) is 15.2. The molecule has 2 amide bonds. The number of imide groups is 1. The Morgan fingerprint density at radius 2 is 1.85 bits per heavy atom. The van der Waals surface area contributed by atoms with Crippen LogP contribution in [0, 0.1) is 17.8 Å². The Morgan fingerprint density at radius 1 is 1.05 bits per heavy atom. The topological polar surface area (TPSA) is 79.7 Å². The van der Waals surface area contributed by atoms with Crippen molar-refractivity contribution in [3.05, 3.63) is 71.1 Å². The molecule has 210 valence electrons. The first-order valence-corrected chi connectivity index (χ1v) is 15.2. The smallest absolute Gasteiger partial charge is 0.234 e. The van der Waals surface area contributed by atoms with Gasteiger partial charge in [-0.2, -0.15) is 0 Å². The van der Waals surface area contributed by atoms with E-state index in [2.05, 4.69) is 18.0 Å². The molecule has 2 aliphatic carbocycles. The van der Waals surface area contributed by atoms with Crippen LogP contribution in [-0.2, 0) is 14.3 Å². The molecule has 6 rings (SSSR count). The average molecular weight is 541 g/mol. The minimum absolute atomic E-state index is 0.00900. The third kappa shape index (κ3) is 5.14. The summed E-state index contributed by atoms with van der Waals surface area (Å²) in [6.07, 6.45) is 13.4. The fraction of sp³-hybridized carbons (Fsp3) is 0.500. The molecule has 0 spiro atoms. The average Bonchev–Trinajstić information content (AvgIpc) is 3.51. The number of allylic oxidation sites excluding steroid dienone is 2. The van der Waals surface area contributed by atoms with Crippen LogP contribution in [-0.4, -0.2) is 45.6 Å². The van der Waals surface area contributed by atoms with E-state index in [-0.39, 0.29) is 47.5 Å². The van der Waals surface area contributed by atoms with Crippen molar-refractivity contribution in [1.82, 2.24) is 9.88 Å². The van der Waals surface area contributed by atoms with Gasteiger partial charge in [0, 0.05) is 18.2 Å². The summed E-state index contributed by atoms with van der Waals surface area (Å²) in [6, 6.07) is 13.2. The first-order chi connectivity index (χ1) is 19.5. The van der Waals surface area contributed by atoms with Crippen molar-refractivity contribution >= 4 is 23.5 Å². The number of aromatic nitrogens is 1. The van der Waals surface area contributed by atoms with Gasteiger partial charge in [0.2, 0.25) is 11.8 Å². The van der Waals surface area contributed by atoms with Gasteiger partial charge in [0.15, 0.2) is 0 Å². The molecule has 2 aliphatic heterocycles. The molecule has 4 atom stereocenters. The number of pyridine rings is 1. The van der Waals surface area contributed by atoms with Crippen LogP contribution < -0.4 is 0 Å². The molecule has 1 saturated carbocycles. The second kappa shape index (κ2) is 11.7. The summed E-state index contributed by atoms with van der Waals surface area (Å²) in [5, 5.41) is 9.72. The van der Waals surface area contributed by atoms with Gasteiger partial charge < -0.3 is 9.84 Å². The van der Waals surface area contributed by atoms with Gasteiger partial charge in [0.25, 0.3) is 0 Å². The highest BCUT2D eigenvalue weighted by Crippen LogP contribution is 2.51. The normalized spacial score (nSPS) is 27.3. The highest BCUT2D eigenvalue weighted by molar-refractivity contribution is 6.06. The van der Waals surface area contributed by atoms with Crippen molar-refractivity contribution in [3.63, 3.8) is 0 Å². The minimum atomic E-state index is -0.266. The molecule has 3 heterocycles. The van der Waals surface area contributed by atoms with Gasteiger partial charge in [-0.25, -0.2) is 0 Å². The van der Waals surface area contributed by atoms with E-state index < -0.39 is 0 Å². The van der Waals surface area contributed by atoms with Crippen molar-refractivity contribution < 1.29 is 19.4 Å². The number of fused-ring (bicyclic) bond motifs is 3. The molecule has 2 saturated heterocycles. The van der Waals surface area contributed by atoms with E-state index in [1.165, 1.54) is 17.6 Å². The number of likely N-dealkylation sites (tertiary alicyclic amines) is 1. The number of phenols is 1. The number of carbonyl (C=O) groups excluding carboxylic acids is 2. The van der Waals surface area contributed by atoms with Gasteiger partial charge in [-0.3, -0.25) is 19.5 Å². The minimum Gasteiger partial charge on any atom is -0.508 e. The number of nitrogens with zero attached hydrogens (tertiary/aromatic N) is 2. The maximum atomic E-state index is 13.8. The first kappa shape index (κ1) is 26.9. The van der Waals surface area contributed by atoms with Crippen LogP contribution in [0.5, 0.6) is 5.75 Å². The second-order valence-electron chi connectivity index (χ2n) is 11.9. The lowest BCUT2D eigenvalue weighted by Gasteiger charge is -2.32. The largest absolute Gasteiger partial charge is 0.508 e. The number of ether oxygens (including phenoxy) is 1. The van der Waals surface area contributed by atoms with Gasteiger partial charge in [-0.1, -0.05) is 56.4 Å². The predicted octanol–water partition coefficient (Wildman–Crippen LogP) is 6.56. The second-order valence-corrected chi connectivity index (χ2v) is 11.9. The summed E-state index contributed by atoms with van der Waals surface area (Å²) >= 11 is 0. The van der Waals surface area contributed by atoms with Gasteiger partial charge in [-0.15, -0.1) is 0 Å². The van der Waals surface area contributed by atoms with E-state index in [4.69, 9.17) is 4.74 Å².